The van der Waals surface area contributed by atoms with Gasteiger partial charge in [0.15, 0.2) is 5.13 Å². The molecule has 33 heavy (non-hydrogen) atoms. The van der Waals surface area contributed by atoms with Crippen LogP contribution in [0.5, 0.6) is 0 Å². The van der Waals surface area contributed by atoms with Crippen LogP contribution in [-0.4, -0.2) is 33.8 Å². The molecule has 5 rings (SSSR count). The Kier molecular flexibility index (Phi) is 5.96. The molecule has 1 heterocycles. The second-order valence-electron chi connectivity index (χ2n) is 10.4. The SMILES string of the molecule is Cc1cnc(NC(=O)CCC2CC(=O)[C@@]3(C)CC[C@@H]4c5ccc(B(O)O)cc5CCC4[C@H]23)s1. The van der Waals surface area contributed by atoms with Crippen LogP contribution in [0.4, 0.5) is 5.13 Å². The monoisotopic (exact) mass is 466 g/mol. The number of carbonyl (C=O) groups excluding carboxylic acids is 2. The highest BCUT2D eigenvalue weighted by Gasteiger charge is 2.58. The summed E-state index contributed by atoms with van der Waals surface area (Å²) in [5.74, 6) is 1.71. The van der Waals surface area contributed by atoms with Crippen LogP contribution >= 0.6 is 11.3 Å². The zero-order valence-electron chi connectivity index (χ0n) is 19.2. The molecule has 3 aliphatic carbocycles. The van der Waals surface area contributed by atoms with Crippen LogP contribution in [0.15, 0.2) is 24.4 Å². The fraction of sp³-hybridized carbons (Fsp3) is 0.560. The first-order valence-corrected chi connectivity index (χ1v) is 12.8. The molecule has 2 fully saturated rings. The van der Waals surface area contributed by atoms with Crippen molar-refractivity contribution in [3.63, 3.8) is 0 Å². The van der Waals surface area contributed by atoms with Gasteiger partial charge in [0.2, 0.25) is 5.91 Å². The van der Waals surface area contributed by atoms with E-state index in [1.54, 1.807) is 6.20 Å². The zero-order valence-corrected chi connectivity index (χ0v) is 20.0. The lowest BCUT2D eigenvalue weighted by atomic mass is 9.53. The van der Waals surface area contributed by atoms with Crippen molar-refractivity contribution in [2.75, 3.05) is 5.32 Å². The second kappa shape index (κ2) is 8.64. The number of rotatable bonds is 5. The standard InChI is InChI=1S/C25H31BN2O4S/c1-14-13-27-24(33-14)28-22(30)8-4-16-12-21(29)25(2)10-9-19-18-7-5-17(26(31)32)11-15(18)3-6-20(19)23(16)25/h5,7,11,13,16,19-20,23,31-32H,3-4,6,8-10,12H2,1-2H3,(H,27,28,30)/t16?,19-,20?,23+,25-/m1/s1. The molecule has 0 radical (unpaired) electrons. The largest absolute Gasteiger partial charge is 0.488 e. The van der Waals surface area contributed by atoms with Gasteiger partial charge in [-0.1, -0.05) is 25.1 Å². The van der Waals surface area contributed by atoms with Gasteiger partial charge in [0.05, 0.1) is 0 Å². The van der Waals surface area contributed by atoms with Crippen LogP contribution in [0.25, 0.3) is 0 Å². The normalized spacial score (nSPS) is 30.4. The van der Waals surface area contributed by atoms with E-state index in [-0.39, 0.29) is 17.2 Å². The number of benzene rings is 1. The fourth-order valence-corrected chi connectivity index (χ4v) is 7.68. The van der Waals surface area contributed by atoms with Crippen LogP contribution in [0.1, 0.15) is 67.4 Å². The predicted molar refractivity (Wildman–Crippen MR) is 129 cm³/mol. The van der Waals surface area contributed by atoms with E-state index in [2.05, 4.69) is 23.3 Å². The van der Waals surface area contributed by atoms with Crippen molar-refractivity contribution in [3.8, 4) is 0 Å². The number of nitrogens with zero attached hydrogens (tertiary/aromatic N) is 1. The van der Waals surface area contributed by atoms with Gasteiger partial charge in [0, 0.05) is 29.3 Å². The summed E-state index contributed by atoms with van der Waals surface area (Å²) in [7, 11) is -1.45. The lowest BCUT2D eigenvalue weighted by molar-refractivity contribution is -0.129. The quantitative estimate of drug-likeness (QED) is 0.588. The van der Waals surface area contributed by atoms with Crippen molar-refractivity contribution >= 4 is 40.7 Å². The second-order valence-corrected chi connectivity index (χ2v) is 11.6. The molecule has 1 aromatic heterocycles. The number of hydrogen-bond acceptors (Lipinski definition) is 6. The number of carbonyl (C=O) groups is 2. The van der Waals surface area contributed by atoms with E-state index in [0.717, 1.165) is 37.0 Å². The molecule has 174 valence electrons. The fourth-order valence-electron chi connectivity index (χ4n) is 7.00. The number of Topliss-reactive ketones (excluding diaryl/α,β-unsaturated/α-hetero) is 1. The number of nitrogens with one attached hydrogen (secondary N) is 1. The Balaban J connectivity index is 1.33. The summed E-state index contributed by atoms with van der Waals surface area (Å²) in [6, 6.07) is 5.83. The summed E-state index contributed by atoms with van der Waals surface area (Å²) in [5.41, 5.74) is 2.79. The van der Waals surface area contributed by atoms with Gasteiger partial charge >= 0.3 is 7.12 Å². The third-order valence-electron chi connectivity index (χ3n) is 8.50. The maximum atomic E-state index is 13.2. The first kappa shape index (κ1) is 22.8. The number of thiazole rings is 1. The Morgan fingerprint density at radius 1 is 1.33 bits per heavy atom. The molecule has 1 amide bonds. The van der Waals surface area contributed by atoms with E-state index >= 15 is 0 Å². The molecule has 1 aromatic carbocycles. The van der Waals surface area contributed by atoms with Crippen LogP contribution in [0, 0.1) is 30.1 Å². The van der Waals surface area contributed by atoms with Gasteiger partial charge in [-0.2, -0.15) is 0 Å². The molecule has 0 spiro atoms. The van der Waals surface area contributed by atoms with Crippen LogP contribution in [0.2, 0.25) is 0 Å². The van der Waals surface area contributed by atoms with Crippen LogP contribution in [0.3, 0.4) is 0 Å². The predicted octanol–water partition coefficient (Wildman–Crippen LogP) is 3.20. The summed E-state index contributed by atoms with van der Waals surface area (Å²) >= 11 is 1.47. The molecule has 2 saturated carbocycles. The minimum absolute atomic E-state index is 0.0261. The van der Waals surface area contributed by atoms with Gasteiger partial charge in [-0.05, 0) is 79.3 Å². The van der Waals surface area contributed by atoms with Crippen molar-refractivity contribution in [2.24, 2.45) is 23.2 Å². The highest BCUT2D eigenvalue weighted by molar-refractivity contribution is 7.15. The first-order chi connectivity index (χ1) is 15.8. The lowest BCUT2D eigenvalue weighted by Gasteiger charge is -2.50. The number of amides is 1. The van der Waals surface area contributed by atoms with Gasteiger partial charge in [-0.25, -0.2) is 4.98 Å². The third-order valence-corrected chi connectivity index (χ3v) is 9.33. The van der Waals surface area contributed by atoms with E-state index in [0.29, 0.717) is 47.0 Å². The Hall–Kier alpha value is -2.03. The minimum Gasteiger partial charge on any atom is -0.423 e. The average molecular weight is 466 g/mol. The molecule has 3 aliphatic rings. The van der Waals surface area contributed by atoms with Gasteiger partial charge < -0.3 is 15.4 Å². The summed E-state index contributed by atoms with van der Waals surface area (Å²) < 4.78 is 0. The molecule has 0 saturated heterocycles. The van der Waals surface area contributed by atoms with Crippen molar-refractivity contribution in [3.05, 3.63) is 40.4 Å². The van der Waals surface area contributed by atoms with Crippen LogP contribution in [-0.2, 0) is 16.0 Å². The summed E-state index contributed by atoms with van der Waals surface area (Å²) in [5, 5.41) is 22.7. The van der Waals surface area contributed by atoms with Gasteiger partial charge in [0.25, 0.3) is 0 Å². The molecule has 6 nitrogen and oxygen atoms in total. The maximum absolute atomic E-state index is 13.2. The smallest absolute Gasteiger partial charge is 0.423 e. The van der Waals surface area contributed by atoms with Crippen molar-refractivity contribution in [1.29, 1.82) is 0 Å². The molecule has 2 unspecified atom stereocenters. The van der Waals surface area contributed by atoms with Gasteiger partial charge in [0.1, 0.15) is 5.78 Å². The van der Waals surface area contributed by atoms with E-state index in [1.807, 2.05) is 19.1 Å². The van der Waals surface area contributed by atoms with E-state index in [4.69, 9.17) is 0 Å². The van der Waals surface area contributed by atoms with Crippen LogP contribution < -0.4 is 10.8 Å². The molecule has 8 heteroatoms. The highest BCUT2D eigenvalue weighted by atomic mass is 32.1. The minimum atomic E-state index is -1.45. The Labute approximate surface area is 199 Å². The molecule has 5 atom stereocenters. The topological polar surface area (TPSA) is 99.5 Å². The van der Waals surface area contributed by atoms with Gasteiger partial charge in [-0.15, -0.1) is 11.3 Å². The number of anilines is 1. The average Bonchev–Trinajstić information content (AvgIpc) is 3.31. The summed E-state index contributed by atoms with van der Waals surface area (Å²) in [4.78, 5) is 31.0. The first-order valence-electron chi connectivity index (χ1n) is 12.0. The van der Waals surface area contributed by atoms with E-state index < -0.39 is 7.12 Å². The maximum Gasteiger partial charge on any atom is 0.488 e. The molecular formula is C25H31BN2O4S. The summed E-state index contributed by atoms with van der Waals surface area (Å²) in [6.45, 7) is 4.13. The Morgan fingerprint density at radius 2 is 2.15 bits per heavy atom. The van der Waals surface area contributed by atoms with Gasteiger partial charge in [-0.3, -0.25) is 9.59 Å². The zero-order chi connectivity index (χ0) is 23.3. The molecule has 0 bridgehead atoms. The third kappa shape index (κ3) is 4.06. The number of aromatic nitrogens is 1. The van der Waals surface area contributed by atoms with E-state index in [9.17, 15) is 19.6 Å². The molecule has 2 aromatic rings. The van der Waals surface area contributed by atoms with Crippen molar-refractivity contribution in [1.82, 2.24) is 4.98 Å². The number of aryl methyl sites for hydroxylation is 2. The van der Waals surface area contributed by atoms with E-state index in [1.165, 1.54) is 22.5 Å². The summed E-state index contributed by atoms with van der Waals surface area (Å²) in [6.07, 6.45) is 7.27. The Bertz CT molecular complexity index is 1090. The van der Waals surface area contributed by atoms with Crippen molar-refractivity contribution in [2.45, 2.75) is 64.7 Å². The molecular weight excluding hydrogens is 435 g/mol. The highest BCUT2D eigenvalue weighted by Crippen LogP contribution is 2.62. The molecule has 0 aliphatic heterocycles. The van der Waals surface area contributed by atoms with Crippen molar-refractivity contribution < 1.29 is 19.6 Å². The lowest BCUT2D eigenvalue weighted by Crippen LogP contribution is -2.44. The molecule has 3 N–H and O–H groups in total. The number of hydrogen-bond donors (Lipinski definition) is 3. The number of fused-ring (bicyclic) bond motifs is 5. The Morgan fingerprint density at radius 3 is 2.88 bits per heavy atom. The number of ketones is 1.